The van der Waals surface area contributed by atoms with E-state index in [4.69, 9.17) is 9.84 Å². The van der Waals surface area contributed by atoms with Crippen molar-refractivity contribution in [3.63, 3.8) is 0 Å². The molecule has 0 bridgehead atoms. The fourth-order valence-corrected chi connectivity index (χ4v) is 1.63. The largest absolute Gasteiger partial charge is 0.497 e. The number of aliphatic hydroxyl groups excluding tert-OH is 1. The number of hydrogen-bond acceptors (Lipinski definition) is 5. The van der Waals surface area contributed by atoms with Crippen LogP contribution in [0.15, 0.2) is 29.3 Å². The molecule has 0 saturated heterocycles. The van der Waals surface area contributed by atoms with Gasteiger partial charge in [-0.1, -0.05) is 12.1 Å². The van der Waals surface area contributed by atoms with Gasteiger partial charge in [-0.2, -0.15) is 0 Å². The molecule has 20 heavy (non-hydrogen) atoms. The number of carbonyl (C=O) groups is 2. The van der Waals surface area contributed by atoms with Crippen molar-refractivity contribution < 1.29 is 19.4 Å². The summed E-state index contributed by atoms with van der Waals surface area (Å²) in [5.41, 5.74) is 0.733. The Morgan fingerprint density at radius 2 is 1.90 bits per heavy atom. The standard InChI is InChI=1S/C14H18N2O4/c1-10(18)16(14(19)13(9-17)15-2)8-11-4-6-12(20-3)7-5-11/h4-7,17H,8-9H2,1-3H3/b15-13+. The molecule has 0 aliphatic carbocycles. The van der Waals surface area contributed by atoms with E-state index in [0.717, 1.165) is 10.5 Å². The Hall–Kier alpha value is -2.21. The van der Waals surface area contributed by atoms with Crippen LogP contribution < -0.4 is 4.74 Å². The van der Waals surface area contributed by atoms with Gasteiger partial charge in [0.2, 0.25) is 5.91 Å². The lowest BCUT2D eigenvalue weighted by Crippen LogP contribution is -2.40. The predicted octanol–water partition coefficient (Wildman–Crippen LogP) is 0.633. The molecule has 2 amide bonds. The Balaban J connectivity index is 2.92. The number of benzene rings is 1. The third-order valence-corrected chi connectivity index (χ3v) is 2.79. The number of carbonyl (C=O) groups excluding carboxylic acids is 2. The van der Waals surface area contributed by atoms with Gasteiger partial charge < -0.3 is 9.84 Å². The van der Waals surface area contributed by atoms with E-state index in [9.17, 15) is 9.59 Å². The second-order valence-corrected chi connectivity index (χ2v) is 4.09. The van der Waals surface area contributed by atoms with E-state index in [-0.39, 0.29) is 12.3 Å². The first-order valence-corrected chi connectivity index (χ1v) is 6.05. The monoisotopic (exact) mass is 278 g/mol. The molecule has 1 N–H and O–H groups in total. The van der Waals surface area contributed by atoms with Crippen molar-refractivity contribution in [1.82, 2.24) is 4.90 Å². The van der Waals surface area contributed by atoms with Gasteiger partial charge in [-0.05, 0) is 17.7 Å². The highest BCUT2D eigenvalue weighted by atomic mass is 16.5. The summed E-state index contributed by atoms with van der Waals surface area (Å²) in [6.45, 7) is 0.922. The molecule has 6 nitrogen and oxygen atoms in total. The van der Waals surface area contributed by atoms with Crippen molar-refractivity contribution in [2.45, 2.75) is 13.5 Å². The molecule has 0 saturated carbocycles. The van der Waals surface area contributed by atoms with Crippen LogP contribution in [0.25, 0.3) is 0 Å². The number of hydrogen-bond donors (Lipinski definition) is 1. The Kier molecular flexibility index (Phi) is 5.86. The van der Waals surface area contributed by atoms with Gasteiger partial charge in [0.05, 0.1) is 20.3 Å². The first-order valence-electron chi connectivity index (χ1n) is 6.05. The maximum atomic E-state index is 12.1. The minimum atomic E-state index is -0.585. The third kappa shape index (κ3) is 3.89. The van der Waals surface area contributed by atoms with E-state index in [1.54, 1.807) is 31.4 Å². The first-order chi connectivity index (χ1) is 9.53. The van der Waals surface area contributed by atoms with Gasteiger partial charge in [-0.25, -0.2) is 0 Å². The second kappa shape index (κ2) is 7.40. The van der Waals surface area contributed by atoms with Gasteiger partial charge in [0.15, 0.2) is 0 Å². The Labute approximate surface area is 117 Å². The molecule has 0 radical (unpaired) electrons. The predicted molar refractivity (Wildman–Crippen MR) is 74.7 cm³/mol. The number of methoxy groups -OCH3 is 1. The summed E-state index contributed by atoms with van der Waals surface area (Å²) < 4.78 is 5.04. The lowest BCUT2D eigenvalue weighted by atomic mass is 10.2. The highest BCUT2D eigenvalue weighted by Crippen LogP contribution is 2.13. The Morgan fingerprint density at radius 3 is 2.30 bits per heavy atom. The van der Waals surface area contributed by atoms with E-state index in [2.05, 4.69) is 4.99 Å². The molecule has 0 aliphatic heterocycles. The molecule has 0 heterocycles. The number of ether oxygens (including phenoxy) is 1. The van der Waals surface area contributed by atoms with Crippen LogP contribution in [0.3, 0.4) is 0 Å². The minimum Gasteiger partial charge on any atom is -0.497 e. The summed E-state index contributed by atoms with van der Waals surface area (Å²) >= 11 is 0. The summed E-state index contributed by atoms with van der Waals surface area (Å²) in [6.07, 6.45) is 0. The van der Waals surface area contributed by atoms with Crippen LogP contribution in [0.4, 0.5) is 0 Å². The number of aliphatic hydroxyl groups is 1. The van der Waals surface area contributed by atoms with Crippen LogP contribution in [-0.2, 0) is 16.1 Å². The molecule has 0 fully saturated rings. The van der Waals surface area contributed by atoms with Crippen molar-refractivity contribution in [2.24, 2.45) is 4.99 Å². The van der Waals surface area contributed by atoms with Crippen molar-refractivity contribution in [1.29, 1.82) is 0 Å². The van der Waals surface area contributed by atoms with Gasteiger partial charge in [0, 0.05) is 14.0 Å². The topological polar surface area (TPSA) is 79.2 Å². The van der Waals surface area contributed by atoms with E-state index in [0.29, 0.717) is 5.75 Å². The zero-order valence-corrected chi connectivity index (χ0v) is 11.8. The highest BCUT2D eigenvalue weighted by molar-refractivity contribution is 6.41. The molecule has 1 aromatic rings. The summed E-state index contributed by atoms with van der Waals surface area (Å²) in [4.78, 5) is 28.4. The summed E-state index contributed by atoms with van der Waals surface area (Å²) in [7, 11) is 2.96. The summed E-state index contributed by atoms with van der Waals surface area (Å²) in [6, 6.07) is 7.03. The number of amides is 2. The SMILES string of the molecule is C/N=C(\CO)C(=O)N(Cc1ccc(OC)cc1)C(C)=O. The molecule has 1 rings (SSSR count). The number of rotatable bonds is 5. The average Bonchev–Trinajstić information content (AvgIpc) is 2.46. The fourth-order valence-electron chi connectivity index (χ4n) is 1.63. The molecule has 6 heteroatoms. The summed E-state index contributed by atoms with van der Waals surface area (Å²) in [5.74, 6) is -0.292. The van der Waals surface area contributed by atoms with E-state index in [1.165, 1.54) is 14.0 Å². The molecule has 0 atom stereocenters. The fraction of sp³-hybridized carbons (Fsp3) is 0.357. The van der Waals surface area contributed by atoms with E-state index in [1.807, 2.05) is 0 Å². The number of aliphatic imine (C=N–C) groups is 1. The van der Waals surface area contributed by atoms with Crippen LogP contribution in [0.1, 0.15) is 12.5 Å². The zero-order chi connectivity index (χ0) is 15.1. The molecule has 0 aromatic heterocycles. The molecule has 0 unspecified atom stereocenters. The quantitative estimate of drug-likeness (QED) is 0.801. The van der Waals surface area contributed by atoms with Crippen molar-refractivity contribution in [3.8, 4) is 5.75 Å². The van der Waals surface area contributed by atoms with Crippen LogP contribution in [0.5, 0.6) is 5.75 Å². The maximum Gasteiger partial charge on any atom is 0.277 e. The lowest BCUT2D eigenvalue weighted by molar-refractivity contribution is -0.140. The van der Waals surface area contributed by atoms with Crippen molar-refractivity contribution in [2.75, 3.05) is 20.8 Å². The number of nitrogens with zero attached hydrogens (tertiary/aromatic N) is 2. The molecule has 1 aromatic carbocycles. The lowest BCUT2D eigenvalue weighted by Gasteiger charge is -2.19. The smallest absolute Gasteiger partial charge is 0.277 e. The minimum absolute atomic E-state index is 0.0475. The molecule has 0 aliphatic rings. The van der Waals surface area contributed by atoms with E-state index < -0.39 is 18.4 Å². The van der Waals surface area contributed by atoms with Gasteiger partial charge in [-0.3, -0.25) is 19.5 Å². The number of imide groups is 1. The Morgan fingerprint density at radius 1 is 1.30 bits per heavy atom. The maximum absolute atomic E-state index is 12.1. The molecular formula is C14H18N2O4. The van der Waals surface area contributed by atoms with Crippen LogP contribution >= 0.6 is 0 Å². The van der Waals surface area contributed by atoms with Gasteiger partial charge in [0.25, 0.3) is 5.91 Å². The summed E-state index contributed by atoms with van der Waals surface area (Å²) in [5, 5.41) is 9.06. The second-order valence-electron chi connectivity index (χ2n) is 4.09. The van der Waals surface area contributed by atoms with Crippen molar-refractivity contribution in [3.05, 3.63) is 29.8 Å². The zero-order valence-electron chi connectivity index (χ0n) is 11.8. The first kappa shape index (κ1) is 15.8. The van der Waals surface area contributed by atoms with Gasteiger partial charge in [-0.15, -0.1) is 0 Å². The van der Waals surface area contributed by atoms with Crippen LogP contribution in [0.2, 0.25) is 0 Å². The van der Waals surface area contributed by atoms with Crippen LogP contribution in [-0.4, -0.2) is 48.3 Å². The highest BCUT2D eigenvalue weighted by Gasteiger charge is 2.22. The Bertz CT molecular complexity index is 508. The average molecular weight is 278 g/mol. The molecular weight excluding hydrogens is 260 g/mol. The molecule has 0 spiro atoms. The van der Waals surface area contributed by atoms with Crippen LogP contribution in [0, 0.1) is 0 Å². The normalized spacial score (nSPS) is 11.1. The van der Waals surface area contributed by atoms with Crippen molar-refractivity contribution >= 4 is 17.5 Å². The third-order valence-electron chi connectivity index (χ3n) is 2.79. The van der Waals surface area contributed by atoms with Gasteiger partial charge >= 0.3 is 0 Å². The molecule has 108 valence electrons. The van der Waals surface area contributed by atoms with E-state index >= 15 is 0 Å². The van der Waals surface area contributed by atoms with Gasteiger partial charge in [0.1, 0.15) is 11.5 Å².